The summed E-state index contributed by atoms with van der Waals surface area (Å²) in [6.45, 7) is 4.32. The first kappa shape index (κ1) is 20.7. The molecule has 0 radical (unpaired) electrons. The summed E-state index contributed by atoms with van der Waals surface area (Å²) < 4.78 is 1.75. The van der Waals surface area contributed by atoms with E-state index in [0.29, 0.717) is 22.6 Å². The van der Waals surface area contributed by atoms with Gasteiger partial charge in [-0.15, -0.1) is 0 Å². The second kappa shape index (κ2) is 9.47. The molecule has 30 heavy (non-hydrogen) atoms. The number of carbonyl (C=O) groups is 1. The maximum atomic E-state index is 13.4. The van der Waals surface area contributed by atoms with Gasteiger partial charge in [-0.3, -0.25) is 14.2 Å². The molecule has 4 rings (SSSR count). The van der Waals surface area contributed by atoms with Gasteiger partial charge in [0, 0.05) is 19.6 Å². The van der Waals surface area contributed by atoms with E-state index in [1.54, 1.807) is 4.57 Å². The fraction of sp³-hybridized carbons (Fsp3) is 0.375. The number of para-hydroxylation sites is 1. The first-order chi connectivity index (χ1) is 14.7. The lowest BCUT2D eigenvalue weighted by atomic mass is 10.1. The van der Waals surface area contributed by atoms with Crippen LogP contribution in [0.15, 0.2) is 64.5 Å². The molecule has 2 aromatic carbocycles. The third-order valence-electron chi connectivity index (χ3n) is 5.53. The van der Waals surface area contributed by atoms with E-state index < -0.39 is 5.25 Å². The molecule has 0 aliphatic carbocycles. The molecule has 0 N–H and O–H groups in total. The molecule has 1 aliphatic rings. The number of hydrogen-bond acceptors (Lipinski definition) is 4. The maximum Gasteiger partial charge on any atom is 0.262 e. The second-order valence-corrected chi connectivity index (χ2v) is 8.74. The lowest BCUT2D eigenvalue weighted by molar-refractivity contribution is -0.129. The minimum absolute atomic E-state index is 0.0306. The molecule has 0 unspecified atom stereocenters. The minimum atomic E-state index is -0.412. The number of amides is 1. The number of benzene rings is 2. The molecule has 6 heteroatoms. The summed E-state index contributed by atoms with van der Waals surface area (Å²) in [5.74, 6) is 0.105. The van der Waals surface area contributed by atoms with Crippen molar-refractivity contribution in [3.63, 3.8) is 0 Å². The van der Waals surface area contributed by atoms with E-state index in [0.717, 1.165) is 44.3 Å². The molecule has 2 heterocycles. The third kappa shape index (κ3) is 4.29. The summed E-state index contributed by atoms with van der Waals surface area (Å²) in [5.41, 5.74) is 1.60. The Hall–Kier alpha value is -2.60. The Morgan fingerprint density at radius 1 is 1.07 bits per heavy atom. The molecule has 1 aliphatic heterocycles. The summed E-state index contributed by atoms with van der Waals surface area (Å²) in [6.07, 6.45) is 3.97. The highest BCUT2D eigenvalue weighted by Gasteiger charge is 2.30. The Kier molecular flexibility index (Phi) is 6.53. The lowest BCUT2D eigenvalue weighted by Crippen LogP contribution is -2.32. The van der Waals surface area contributed by atoms with Crippen molar-refractivity contribution < 1.29 is 4.79 Å². The van der Waals surface area contributed by atoms with Gasteiger partial charge in [0.1, 0.15) is 5.25 Å². The van der Waals surface area contributed by atoms with Crippen LogP contribution in [0.4, 0.5) is 0 Å². The highest BCUT2D eigenvalue weighted by atomic mass is 32.2. The predicted molar refractivity (Wildman–Crippen MR) is 122 cm³/mol. The van der Waals surface area contributed by atoms with Gasteiger partial charge in [0.05, 0.1) is 10.9 Å². The van der Waals surface area contributed by atoms with Crippen molar-refractivity contribution in [1.29, 1.82) is 0 Å². The number of unbranched alkanes of at least 4 members (excludes halogenated alkanes) is 1. The summed E-state index contributed by atoms with van der Waals surface area (Å²) in [4.78, 5) is 33.4. The number of thioether (sulfide) groups is 1. The summed E-state index contributed by atoms with van der Waals surface area (Å²) >= 11 is 1.40. The maximum absolute atomic E-state index is 13.4. The Morgan fingerprint density at radius 2 is 1.77 bits per heavy atom. The molecular weight excluding hydrogens is 394 g/mol. The number of rotatable bonds is 7. The van der Waals surface area contributed by atoms with Crippen molar-refractivity contribution in [2.24, 2.45) is 0 Å². The minimum Gasteiger partial charge on any atom is -0.341 e. The van der Waals surface area contributed by atoms with E-state index in [1.807, 2.05) is 59.5 Å². The van der Waals surface area contributed by atoms with Crippen LogP contribution in [-0.2, 0) is 11.3 Å². The Balaban J connectivity index is 1.78. The molecular formula is C24H27N3O2S. The number of hydrogen-bond donors (Lipinski definition) is 0. The van der Waals surface area contributed by atoms with Gasteiger partial charge in [0.15, 0.2) is 5.16 Å². The molecule has 1 amide bonds. The average molecular weight is 422 g/mol. The van der Waals surface area contributed by atoms with E-state index in [-0.39, 0.29) is 11.5 Å². The fourth-order valence-electron chi connectivity index (χ4n) is 3.85. The number of likely N-dealkylation sites (tertiary alicyclic amines) is 1. The van der Waals surface area contributed by atoms with Gasteiger partial charge in [-0.2, -0.15) is 0 Å². The van der Waals surface area contributed by atoms with Crippen molar-refractivity contribution in [1.82, 2.24) is 14.5 Å². The summed E-state index contributed by atoms with van der Waals surface area (Å²) in [5, 5.41) is 0.832. The van der Waals surface area contributed by atoms with E-state index in [2.05, 4.69) is 6.92 Å². The topological polar surface area (TPSA) is 55.2 Å². The monoisotopic (exact) mass is 421 g/mol. The molecule has 5 nitrogen and oxygen atoms in total. The summed E-state index contributed by atoms with van der Waals surface area (Å²) in [6, 6.07) is 17.3. The van der Waals surface area contributed by atoms with Gasteiger partial charge >= 0.3 is 0 Å². The standard InChI is InChI=1S/C24H27N3O2S/c1-2-3-17-27-22(28)19-13-7-8-14-20(19)25-24(27)30-21(18-11-5-4-6-12-18)23(29)26-15-9-10-16-26/h4-8,11-14,21H,2-3,9-10,15-17H2,1H3/t21-/m0/s1. The van der Waals surface area contributed by atoms with E-state index in [4.69, 9.17) is 4.98 Å². The first-order valence-corrected chi connectivity index (χ1v) is 11.6. The lowest BCUT2D eigenvalue weighted by Gasteiger charge is -2.24. The van der Waals surface area contributed by atoms with Gasteiger partial charge in [-0.1, -0.05) is 67.6 Å². The zero-order valence-corrected chi connectivity index (χ0v) is 18.1. The second-order valence-electron chi connectivity index (χ2n) is 7.66. The van der Waals surface area contributed by atoms with E-state index >= 15 is 0 Å². The van der Waals surface area contributed by atoms with Crippen LogP contribution in [0.1, 0.15) is 43.4 Å². The molecule has 0 spiro atoms. The van der Waals surface area contributed by atoms with Gasteiger partial charge in [0.2, 0.25) is 5.91 Å². The molecule has 1 fully saturated rings. The van der Waals surface area contributed by atoms with Crippen LogP contribution in [0.2, 0.25) is 0 Å². The molecule has 1 saturated heterocycles. The zero-order chi connectivity index (χ0) is 20.9. The molecule has 1 atom stereocenters. The van der Waals surface area contributed by atoms with Gasteiger partial charge in [-0.25, -0.2) is 4.98 Å². The predicted octanol–water partition coefficient (Wildman–Crippen LogP) is 4.65. The SMILES string of the molecule is CCCCn1c(S[C@H](C(=O)N2CCCC2)c2ccccc2)nc2ccccc2c1=O. The van der Waals surface area contributed by atoms with Crippen LogP contribution in [0.3, 0.4) is 0 Å². The Labute approximate surface area is 181 Å². The molecule has 156 valence electrons. The van der Waals surface area contributed by atoms with Gasteiger partial charge in [-0.05, 0) is 37.0 Å². The van der Waals surface area contributed by atoms with Crippen LogP contribution >= 0.6 is 11.8 Å². The van der Waals surface area contributed by atoms with E-state index in [9.17, 15) is 9.59 Å². The number of nitrogens with zero attached hydrogens (tertiary/aromatic N) is 3. The largest absolute Gasteiger partial charge is 0.341 e. The number of carbonyl (C=O) groups excluding carboxylic acids is 1. The normalized spacial score (nSPS) is 14.9. The van der Waals surface area contributed by atoms with Crippen LogP contribution in [0.5, 0.6) is 0 Å². The Morgan fingerprint density at radius 3 is 2.50 bits per heavy atom. The fourth-order valence-corrected chi connectivity index (χ4v) is 5.06. The number of aromatic nitrogens is 2. The smallest absolute Gasteiger partial charge is 0.262 e. The first-order valence-electron chi connectivity index (χ1n) is 10.7. The Bertz CT molecular complexity index is 1070. The van der Waals surface area contributed by atoms with Crippen molar-refractivity contribution in [3.8, 4) is 0 Å². The quantitative estimate of drug-likeness (QED) is 0.412. The molecule has 0 bridgehead atoms. The molecule has 0 saturated carbocycles. The van der Waals surface area contributed by atoms with Crippen LogP contribution in [-0.4, -0.2) is 33.4 Å². The van der Waals surface area contributed by atoms with Crippen molar-refractivity contribution in [3.05, 3.63) is 70.5 Å². The van der Waals surface area contributed by atoms with Crippen LogP contribution < -0.4 is 5.56 Å². The summed E-state index contributed by atoms with van der Waals surface area (Å²) in [7, 11) is 0. The van der Waals surface area contributed by atoms with Crippen molar-refractivity contribution in [2.75, 3.05) is 13.1 Å². The molecule has 1 aromatic heterocycles. The highest BCUT2D eigenvalue weighted by Crippen LogP contribution is 2.36. The van der Waals surface area contributed by atoms with Crippen molar-refractivity contribution >= 4 is 28.6 Å². The van der Waals surface area contributed by atoms with Crippen LogP contribution in [0, 0.1) is 0 Å². The van der Waals surface area contributed by atoms with Gasteiger partial charge < -0.3 is 4.90 Å². The molecule has 3 aromatic rings. The van der Waals surface area contributed by atoms with Gasteiger partial charge in [0.25, 0.3) is 5.56 Å². The van der Waals surface area contributed by atoms with Crippen molar-refractivity contribution in [2.45, 2.75) is 49.6 Å². The van der Waals surface area contributed by atoms with Crippen LogP contribution in [0.25, 0.3) is 10.9 Å². The zero-order valence-electron chi connectivity index (χ0n) is 17.3. The third-order valence-corrected chi connectivity index (χ3v) is 6.76. The van der Waals surface area contributed by atoms with E-state index in [1.165, 1.54) is 11.8 Å². The highest BCUT2D eigenvalue weighted by molar-refractivity contribution is 8.00. The average Bonchev–Trinajstić information content (AvgIpc) is 3.32. The number of fused-ring (bicyclic) bond motifs is 1.